The number of nitriles is 1. The van der Waals surface area contributed by atoms with Crippen LogP contribution in [-0.2, 0) is 0 Å². The van der Waals surface area contributed by atoms with E-state index in [2.05, 4.69) is 10.2 Å². The minimum atomic E-state index is -1.04. The van der Waals surface area contributed by atoms with E-state index in [1.54, 1.807) is 6.07 Å². The predicted octanol–water partition coefficient (Wildman–Crippen LogP) is 1.80. The van der Waals surface area contributed by atoms with Crippen LogP contribution < -0.4 is 5.32 Å². The molecule has 1 aliphatic rings. The first-order valence-electron chi connectivity index (χ1n) is 8.09. The van der Waals surface area contributed by atoms with E-state index in [1.807, 2.05) is 0 Å². The van der Waals surface area contributed by atoms with E-state index in [-0.39, 0.29) is 18.2 Å². The summed E-state index contributed by atoms with van der Waals surface area (Å²) in [5.41, 5.74) is -0.820. The number of carbonyl (C=O) groups excluding carboxylic acids is 1. The predicted molar refractivity (Wildman–Crippen MR) is 84.3 cm³/mol. The molecule has 1 saturated heterocycles. The van der Waals surface area contributed by atoms with Crippen molar-refractivity contribution >= 4 is 5.91 Å². The molecule has 0 aliphatic carbocycles. The molecule has 1 aliphatic heterocycles. The number of nitrogens with one attached hydrogen (secondary N) is 1. The smallest absolute Gasteiger partial charge is 0.257 e. The Balaban J connectivity index is 1.77. The number of nitrogens with zero attached hydrogens (tertiary/aromatic N) is 2. The zero-order valence-corrected chi connectivity index (χ0v) is 13.4. The summed E-state index contributed by atoms with van der Waals surface area (Å²) in [7, 11) is 0. The normalized spacial score (nSPS) is 17.7. The molecule has 24 heavy (non-hydrogen) atoms. The Labute approximate surface area is 139 Å². The summed E-state index contributed by atoms with van der Waals surface area (Å²) in [5.74, 6) is -2.89. The van der Waals surface area contributed by atoms with Gasteiger partial charge in [-0.3, -0.25) is 9.69 Å². The van der Waals surface area contributed by atoms with E-state index in [1.165, 1.54) is 0 Å². The molecule has 0 aromatic heterocycles. The van der Waals surface area contributed by atoms with Crippen LogP contribution in [0.15, 0.2) is 12.1 Å². The molecule has 7 heteroatoms. The second-order valence-corrected chi connectivity index (χ2v) is 5.90. The van der Waals surface area contributed by atoms with E-state index in [9.17, 15) is 18.7 Å². The molecule has 0 bridgehead atoms. The second kappa shape index (κ2) is 8.71. The van der Waals surface area contributed by atoms with Crippen LogP contribution in [0.2, 0.25) is 0 Å². The van der Waals surface area contributed by atoms with Crippen LogP contribution in [0, 0.1) is 23.0 Å². The highest BCUT2D eigenvalue weighted by Gasteiger charge is 2.23. The zero-order chi connectivity index (χ0) is 17.5. The third kappa shape index (κ3) is 4.49. The monoisotopic (exact) mass is 337 g/mol. The van der Waals surface area contributed by atoms with Crippen molar-refractivity contribution in [3.63, 3.8) is 0 Å². The molecule has 1 fully saturated rings. The third-order valence-electron chi connectivity index (χ3n) is 4.27. The zero-order valence-electron chi connectivity index (χ0n) is 13.4. The molecule has 1 heterocycles. The lowest BCUT2D eigenvalue weighted by Crippen LogP contribution is -2.33. The Morgan fingerprint density at radius 2 is 2.08 bits per heavy atom. The van der Waals surface area contributed by atoms with E-state index in [4.69, 9.17) is 5.26 Å². The van der Waals surface area contributed by atoms with Crippen molar-refractivity contribution in [1.29, 1.82) is 5.26 Å². The standard InChI is InChI=1S/C17H21F2N3O2/c18-14-8-12(10-20)9-15(19)16(14)17(24)21-5-1-2-6-22-7-3-4-13(22)11-23/h8-9,13,23H,1-7,11H2,(H,21,24). The van der Waals surface area contributed by atoms with Gasteiger partial charge in [0.15, 0.2) is 0 Å². The molecule has 130 valence electrons. The van der Waals surface area contributed by atoms with Crippen LogP contribution >= 0.6 is 0 Å². The number of halogens is 2. The Kier molecular flexibility index (Phi) is 6.64. The second-order valence-electron chi connectivity index (χ2n) is 5.90. The number of hydrogen-bond donors (Lipinski definition) is 2. The van der Waals surface area contributed by atoms with Crippen LogP contribution in [0.4, 0.5) is 8.78 Å². The van der Waals surface area contributed by atoms with Crippen molar-refractivity contribution in [2.45, 2.75) is 31.7 Å². The fourth-order valence-electron chi connectivity index (χ4n) is 2.98. The van der Waals surface area contributed by atoms with Crippen LogP contribution in [0.25, 0.3) is 0 Å². The number of carbonyl (C=O) groups is 1. The van der Waals surface area contributed by atoms with Crippen LogP contribution in [0.5, 0.6) is 0 Å². The number of amides is 1. The first-order chi connectivity index (χ1) is 11.6. The van der Waals surface area contributed by atoms with Crippen LogP contribution in [0.1, 0.15) is 41.6 Å². The molecular weight excluding hydrogens is 316 g/mol. The van der Waals surface area contributed by atoms with Crippen LogP contribution in [0.3, 0.4) is 0 Å². The molecule has 1 amide bonds. The summed E-state index contributed by atoms with van der Waals surface area (Å²) in [5, 5.41) is 20.4. The average molecular weight is 337 g/mol. The summed E-state index contributed by atoms with van der Waals surface area (Å²) in [6.07, 6.45) is 3.60. The van der Waals surface area contributed by atoms with Crippen molar-refractivity contribution in [1.82, 2.24) is 10.2 Å². The van der Waals surface area contributed by atoms with E-state index >= 15 is 0 Å². The SMILES string of the molecule is N#Cc1cc(F)c(C(=O)NCCCCN2CCCC2CO)c(F)c1. The minimum Gasteiger partial charge on any atom is -0.395 e. The Morgan fingerprint density at radius 1 is 1.38 bits per heavy atom. The quantitative estimate of drug-likeness (QED) is 0.744. The Morgan fingerprint density at radius 3 is 2.71 bits per heavy atom. The summed E-state index contributed by atoms with van der Waals surface area (Å²) in [6, 6.07) is 3.55. The Hall–Kier alpha value is -2.04. The number of aliphatic hydroxyl groups excluding tert-OH is 1. The van der Waals surface area contributed by atoms with Gasteiger partial charge in [-0.05, 0) is 50.9 Å². The highest BCUT2D eigenvalue weighted by atomic mass is 19.1. The van der Waals surface area contributed by atoms with Crippen molar-refractivity contribution in [3.8, 4) is 6.07 Å². The van der Waals surface area contributed by atoms with Crippen molar-refractivity contribution in [3.05, 3.63) is 34.9 Å². The summed E-state index contributed by atoms with van der Waals surface area (Å²) >= 11 is 0. The van der Waals surface area contributed by atoms with Gasteiger partial charge < -0.3 is 10.4 Å². The van der Waals surface area contributed by atoms with Gasteiger partial charge in [0.05, 0.1) is 18.2 Å². The number of hydrogen-bond acceptors (Lipinski definition) is 4. The lowest BCUT2D eigenvalue weighted by molar-refractivity contribution is 0.0943. The van der Waals surface area contributed by atoms with Gasteiger partial charge >= 0.3 is 0 Å². The maximum Gasteiger partial charge on any atom is 0.257 e. The van der Waals surface area contributed by atoms with Gasteiger partial charge in [0.1, 0.15) is 17.2 Å². The maximum atomic E-state index is 13.7. The molecule has 2 rings (SSSR count). The topological polar surface area (TPSA) is 76.4 Å². The molecular formula is C17H21F2N3O2. The third-order valence-corrected chi connectivity index (χ3v) is 4.27. The number of unbranched alkanes of at least 4 members (excludes halogenated alkanes) is 1. The summed E-state index contributed by atoms with van der Waals surface area (Å²) in [4.78, 5) is 14.1. The minimum absolute atomic E-state index is 0.161. The van der Waals surface area contributed by atoms with Crippen molar-refractivity contribution < 1.29 is 18.7 Å². The maximum absolute atomic E-state index is 13.7. The molecule has 1 aromatic carbocycles. The Bertz CT molecular complexity index is 608. The molecule has 0 saturated carbocycles. The first kappa shape index (κ1) is 18.3. The molecule has 0 radical (unpaired) electrons. The lowest BCUT2D eigenvalue weighted by Gasteiger charge is -2.22. The van der Waals surface area contributed by atoms with Gasteiger partial charge in [0.25, 0.3) is 5.91 Å². The highest BCUT2D eigenvalue weighted by Crippen LogP contribution is 2.17. The molecule has 1 aromatic rings. The average Bonchev–Trinajstić information content (AvgIpc) is 3.01. The summed E-state index contributed by atoms with van der Waals surface area (Å²) < 4.78 is 27.5. The molecule has 5 nitrogen and oxygen atoms in total. The van der Waals surface area contributed by atoms with E-state index in [0.717, 1.165) is 44.5 Å². The fourth-order valence-corrected chi connectivity index (χ4v) is 2.98. The van der Waals surface area contributed by atoms with E-state index in [0.29, 0.717) is 13.0 Å². The lowest BCUT2D eigenvalue weighted by atomic mass is 10.1. The number of aliphatic hydroxyl groups is 1. The van der Waals surface area contributed by atoms with Gasteiger partial charge in [-0.2, -0.15) is 5.26 Å². The molecule has 2 N–H and O–H groups in total. The van der Waals surface area contributed by atoms with Gasteiger partial charge in [-0.15, -0.1) is 0 Å². The fraction of sp³-hybridized carbons (Fsp3) is 0.529. The largest absolute Gasteiger partial charge is 0.395 e. The van der Waals surface area contributed by atoms with Gasteiger partial charge in [-0.1, -0.05) is 0 Å². The van der Waals surface area contributed by atoms with Gasteiger partial charge in [0.2, 0.25) is 0 Å². The first-order valence-corrected chi connectivity index (χ1v) is 8.09. The van der Waals surface area contributed by atoms with Gasteiger partial charge in [0, 0.05) is 12.6 Å². The van der Waals surface area contributed by atoms with Gasteiger partial charge in [-0.25, -0.2) is 8.78 Å². The van der Waals surface area contributed by atoms with Crippen molar-refractivity contribution in [2.75, 3.05) is 26.2 Å². The molecule has 0 spiro atoms. The molecule has 1 unspecified atom stereocenters. The summed E-state index contributed by atoms with van der Waals surface area (Å²) in [6.45, 7) is 2.28. The molecule has 1 atom stereocenters. The van der Waals surface area contributed by atoms with Crippen molar-refractivity contribution in [2.24, 2.45) is 0 Å². The van der Waals surface area contributed by atoms with Crippen LogP contribution in [-0.4, -0.2) is 48.2 Å². The number of benzene rings is 1. The number of likely N-dealkylation sites (tertiary alicyclic amines) is 1. The van der Waals surface area contributed by atoms with E-state index < -0.39 is 23.1 Å². The highest BCUT2D eigenvalue weighted by molar-refractivity contribution is 5.94. The number of rotatable bonds is 7.